The summed E-state index contributed by atoms with van der Waals surface area (Å²) in [5.74, 6) is -0.551. The van der Waals surface area contributed by atoms with E-state index in [1.54, 1.807) is 18.7 Å². The molecule has 0 atom stereocenters. The van der Waals surface area contributed by atoms with Crippen molar-refractivity contribution in [3.63, 3.8) is 0 Å². The number of morpholine rings is 1. The van der Waals surface area contributed by atoms with Gasteiger partial charge in [0.25, 0.3) is 0 Å². The number of benzene rings is 1. The molecule has 3 aromatic rings. The molecule has 11 nitrogen and oxygen atoms in total. The van der Waals surface area contributed by atoms with Gasteiger partial charge in [0, 0.05) is 25.8 Å². The van der Waals surface area contributed by atoms with Crippen LogP contribution in [0.4, 0.5) is 20.7 Å². The molecule has 3 heterocycles. The van der Waals surface area contributed by atoms with E-state index in [4.69, 9.17) is 4.74 Å². The molecule has 1 aromatic carbocycles. The number of anilines is 2. The highest BCUT2D eigenvalue weighted by Gasteiger charge is 2.29. The van der Waals surface area contributed by atoms with Crippen LogP contribution in [-0.4, -0.2) is 65.0 Å². The first kappa shape index (κ1) is 20.3. The summed E-state index contributed by atoms with van der Waals surface area (Å²) < 4.78 is 47.7. The van der Waals surface area contributed by atoms with Crippen molar-refractivity contribution in [3.8, 4) is 0 Å². The summed E-state index contributed by atoms with van der Waals surface area (Å²) in [6.07, 6.45) is 0. The lowest BCUT2D eigenvalue weighted by Crippen LogP contribution is -2.40. The van der Waals surface area contributed by atoms with Gasteiger partial charge < -0.3 is 10.1 Å². The van der Waals surface area contributed by atoms with Gasteiger partial charge in [0.1, 0.15) is 16.5 Å². The molecular weight excluding hydrogens is 417 g/mol. The predicted octanol–water partition coefficient (Wildman–Crippen LogP) is 1.41. The molecule has 1 aliphatic heterocycles. The number of halogens is 1. The number of aromatic amines is 1. The van der Waals surface area contributed by atoms with E-state index < -0.39 is 26.8 Å². The molecule has 30 heavy (non-hydrogen) atoms. The Morgan fingerprint density at radius 3 is 2.73 bits per heavy atom. The van der Waals surface area contributed by atoms with Gasteiger partial charge in [-0.15, -0.1) is 0 Å². The van der Waals surface area contributed by atoms with Crippen LogP contribution in [-0.2, 0) is 21.8 Å². The largest absolute Gasteiger partial charge is 0.379 e. The number of rotatable bonds is 4. The zero-order valence-corrected chi connectivity index (χ0v) is 17.1. The fourth-order valence-electron chi connectivity index (χ4n) is 3.30. The number of carbonyl (C=O) groups is 1. The molecule has 2 amide bonds. The van der Waals surface area contributed by atoms with Crippen molar-refractivity contribution in [1.29, 1.82) is 0 Å². The van der Waals surface area contributed by atoms with Crippen LogP contribution in [0.25, 0.3) is 11.0 Å². The first-order valence-electron chi connectivity index (χ1n) is 9.10. The number of amides is 2. The fraction of sp³-hybridized carbons (Fsp3) is 0.353. The fourth-order valence-corrected chi connectivity index (χ4v) is 4.80. The molecule has 0 aliphatic carbocycles. The second-order valence-corrected chi connectivity index (χ2v) is 8.65. The number of nitrogens with one attached hydrogen (secondary N) is 3. The molecular formula is C17H20FN7O4S. The normalized spacial score (nSPS) is 15.4. The smallest absolute Gasteiger partial charge is 0.324 e. The van der Waals surface area contributed by atoms with Gasteiger partial charge in [-0.05, 0) is 25.1 Å². The monoisotopic (exact) mass is 437 g/mol. The summed E-state index contributed by atoms with van der Waals surface area (Å²) in [7, 11) is -2.32. The first-order valence-corrected chi connectivity index (χ1v) is 10.5. The molecule has 2 aromatic heterocycles. The van der Waals surface area contributed by atoms with E-state index >= 15 is 0 Å². The minimum atomic E-state index is -4.05. The number of urea groups is 1. The molecule has 0 unspecified atom stereocenters. The summed E-state index contributed by atoms with van der Waals surface area (Å²) in [6, 6.07) is 2.73. The number of sulfonamides is 1. The number of ether oxygens (including phenoxy) is 1. The Kier molecular flexibility index (Phi) is 5.17. The van der Waals surface area contributed by atoms with Gasteiger partial charge in [0.15, 0.2) is 5.65 Å². The number of nitrogens with zero attached hydrogens (tertiary/aromatic N) is 4. The molecule has 0 saturated carbocycles. The minimum Gasteiger partial charge on any atom is -0.379 e. The van der Waals surface area contributed by atoms with Crippen LogP contribution < -0.4 is 10.6 Å². The second-order valence-electron chi connectivity index (χ2n) is 6.75. The van der Waals surface area contributed by atoms with Gasteiger partial charge in [0.2, 0.25) is 10.0 Å². The van der Waals surface area contributed by atoms with Crippen molar-refractivity contribution in [2.45, 2.75) is 11.8 Å². The van der Waals surface area contributed by atoms with Gasteiger partial charge in [-0.3, -0.25) is 10.4 Å². The highest BCUT2D eigenvalue weighted by Crippen LogP contribution is 2.25. The molecule has 0 radical (unpaired) electrons. The van der Waals surface area contributed by atoms with Gasteiger partial charge in [-0.2, -0.15) is 14.5 Å². The van der Waals surface area contributed by atoms with Gasteiger partial charge in [0.05, 0.1) is 24.3 Å². The summed E-state index contributed by atoms with van der Waals surface area (Å²) in [5.41, 5.74) is 1.38. The molecule has 1 saturated heterocycles. The Morgan fingerprint density at radius 1 is 1.27 bits per heavy atom. The Bertz CT molecular complexity index is 1210. The number of aromatic nitrogens is 4. The van der Waals surface area contributed by atoms with Crippen LogP contribution in [0.1, 0.15) is 5.69 Å². The lowest BCUT2D eigenvalue weighted by molar-refractivity contribution is 0.0729. The Morgan fingerprint density at radius 2 is 2.00 bits per heavy atom. The van der Waals surface area contributed by atoms with Gasteiger partial charge in [-0.25, -0.2) is 22.3 Å². The van der Waals surface area contributed by atoms with Crippen molar-refractivity contribution in [1.82, 2.24) is 24.3 Å². The third kappa shape index (κ3) is 3.62. The summed E-state index contributed by atoms with van der Waals surface area (Å²) in [5, 5.41) is 16.8. The maximum absolute atomic E-state index is 14.3. The second kappa shape index (κ2) is 7.66. The number of fused-ring (bicyclic) bond motifs is 1. The van der Waals surface area contributed by atoms with Crippen LogP contribution in [0.2, 0.25) is 0 Å². The number of carbonyl (C=O) groups excluding carboxylic acids is 1. The third-order valence-corrected chi connectivity index (χ3v) is 6.64. The SMILES string of the molecule is Cc1nn(C)c2n[nH]c(NC(=O)Nc3ccc(F)c(S(=O)(=O)N4CCOCC4)c3)c12. The van der Waals surface area contributed by atoms with Crippen LogP contribution in [0, 0.1) is 12.7 Å². The Labute approximate surface area is 171 Å². The minimum absolute atomic E-state index is 0.124. The van der Waals surface area contributed by atoms with E-state index in [1.165, 1.54) is 6.07 Å². The molecule has 4 rings (SSSR count). The van der Waals surface area contributed by atoms with Gasteiger partial charge >= 0.3 is 6.03 Å². The zero-order chi connectivity index (χ0) is 21.5. The van der Waals surface area contributed by atoms with Crippen LogP contribution in [0.3, 0.4) is 0 Å². The molecule has 3 N–H and O–H groups in total. The average Bonchev–Trinajstić information content (AvgIpc) is 3.25. The zero-order valence-electron chi connectivity index (χ0n) is 16.3. The summed E-state index contributed by atoms with van der Waals surface area (Å²) in [6.45, 7) is 2.55. The Balaban J connectivity index is 1.54. The van der Waals surface area contributed by atoms with Crippen LogP contribution in [0.5, 0.6) is 0 Å². The van der Waals surface area contributed by atoms with E-state index in [1.807, 2.05) is 0 Å². The van der Waals surface area contributed by atoms with Crippen LogP contribution >= 0.6 is 0 Å². The molecule has 0 bridgehead atoms. The Hall–Kier alpha value is -3.03. The van der Waals surface area contributed by atoms with Crippen molar-refractivity contribution < 1.29 is 22.3 Å². The van der Waals surface area contributed by atoms with E-state index in [9.17, 15) is 17.6 Å². The standard InChI is InChI=1S/C17H20FN7O4S/c1-10-14-15(21-22-16(14)24(2)23-10)20-17(26)19-11-3-4-12(18)13(9-11)30(27,28)25-5-7-29-8-6-25/h3-4,9H,5-8H2,1-2H3,(H3,19,20,21,22,26). The maximum Gasteiger partial charge on any atom is 0.324 e. The molecule has 13 heteroatoms. The van der Waals surface area contributed by atoms with E-state index in [0.29, 0.717) is 22.5 Å². The van der Waals surface area contributed by atoms with Crippen molar-refractivity contribution in [2.75, 3.05) is 36.9 Å². The van der Waals surface area contributed by atoms with E-state index in [-0.39, 0.29) is 32.0 Å². The number of H-pyrrole nitrogens is 1. The lowest BCUT2D eigenvalue weighted by Gasteiger charge is -2.26. The first-order chi connectivity index (χ1) is 14.3. The highest BCUT2D eigenvalue weighted by atomic mass is 32.2. The lowest BCUT2D eigenvalue weighted by atomic mass is 10.3. The topological polar surface area (TPSA) is 134 Å². The van der Waals surface area contributed by atoms with Crippen molar-refractivity contribution in [2.24, 2.45) is 7.05 Å². The number of hydrogen-bond donors (Lipinski definition) is 3. The molecule has 1 aliphatic rings. The van der Waals surface area contributed by atoms with Crippen molar-refractivity contribution in [3.05, 3.63) is 29.7 Å². The average molecular weight is 437 g/mol. The quantitative estimate of drug-likeness (QED) is 0.565. The van der Waals surface area contributed by atoms with Crippen LogP contribution in [0.15, 0.2) is 23.1 Å². The van der Waals surface area contributed by atoms with E-state index in [2.05, 4.69) is 25.9 Å². The number of aryl methyl sites for hydroxylation is 2. The third-order valence-electron chi connectivity index (χ3n) is 4.73. The predicted molar refractivity (Wildman–Crippen MR) is 106 cm³/mol. The van der Waals surface area contributed by atoms with Crippen molar-refractivity contribution >= 4 is 38.6 Å². The molecule has 160 valence electrons. The summed E-state index contributed by atoms with van der Waals surface area (Å²) in [4.78, 5) is 11.9. The maximum atomic E-state index is 14.3. The molecule has 1 fully saturated rings. The molecule has 0 spiro atoms. The summed E-state index contributed by atoms with van der Waals surface area (Å²) >= 11 is 0. The number of hydrogen-bond acceptors (Lipinski definition) is 6. The highest BCUT2D eigenvalue weighted by molar-refractivity contribution is 7.89. The van der Waals surface area contributed by atoms with Gasteiger partial charge in [-0.1, -0.05) is 0 Å². The van der Waals surface area contributed by atoms with E-state index in [0.717, 1.165) is 16.4 Å².